The molecule has 3 nitrogen and oxygen atoms in total. The predicted octanol–water partition coefficient (Wildman–Crippen LogP) is 4.15. The summed E-state index contributed by atoms with van der Waals surface area (Å²) in [6.45, 7) is 8.67. The minimum Gasteiger partial charge on any atom is -0.357 e. The Balaban J connectivity index is 1.53. The smallest absolute Gasteiger partial charge is 0.0683 e. The van der Waals surface area contributed by atoms with Gasteiger partial charge in [-0.3, -0.25) is 10.3 Å². The van der Waals surface area contributed by atoms with E-state index in [4.69, 9.17) is 0 Å². The van der Waals surface area contributed by atoms with Gasteiger partial charge in [0.25, 0.3) is 0 Å². The molecule has 0 radical (unpaired) electrons. The molecule has 0 spiro atoms. The molecule has 0 bridgehead atoms. The summed E-state index contributed by atoms with van der Waals surface area (Å²) in [5, 5.41) is 3.37. The lowest BCUT2D eigenvalue weighted by atomic mass is 10.1. The van der Waals surface area contributed by atoms with Crippen molar-refractivity contribution in [2.45, 2.75) is 19.8 Å². The van der Waals surface area contributed by atoms with Crippen molar-refractivity contribution in [3.63, 3.8) is 0 Å². The van der Waals surface area contributed by atoms with Crippen molar-refractivity contribution < 1.29 is 0 Å². The Morgan fingerprint density at radius 3 is 2.88 bits per heavy atom. The average molecular weight is 340 g/mol. The zero-order chi connectivity index (χ0) is 16.8. The second-order valence-electron chi connectivity index (χ2n) is 6.20. The van der Waals surface area contributed by atoms with E-state index in [-0.39, 0.29) is 0 Å². The first-order chi connectivity index (χ1) is 11.7. The number of nitrogens with one attached hydrogen (secondary N) is 1. The lowest BCUT2D eigenvalue weighted by Crippen LogP contribution is -2.20. The Kier molecular flexibility index (Phi) is 5.94. The van der Waals surface area contributed by atoms with Gasteiger partial charge >= 0.3 is 0 Å². The third-order valence-corrected chi connectivity index (χ3v) is 5.55. The van der Waals surface area contributed by atoms with Crippen LogP contribution in [0.1, 0.15) is 18.9 Å². The summed E-state index contributed by atoms with van der Waals surface area (Å²) < 4.78 is 0. The van der Waals surface area contributed by atoms with Gasteiger partial charge in [0.05, 0.1) is 6.67 Å². The maximum atomic E-state index is 3.91. The first-order valence-electron chi connectivity index (χ1n) is 8.47. The second-order valence-corrected chi connectivity index (χ2v) is 7.30. The van der Waals surface area contributed by atoms with E-state index in [1.807, 2.05) is 24.8 Å². The van der Waals surface area contributed by atoms with Crippen LogP contribution in [-0.2, 0) is 6.42 Å². The lowest BCUT2D eigenvalue weighted by Gasteiger charge is -2.16. The fourth-order valence-corrected chi connectivity index (χ4v) is 3.87. The van der Waals surface area contributed by atoms with Crippen LogP contribution in [0.5, 0.6) is 0 Å². The molecule has 0 amide bonds. The third kappa shape index (κ3) is 4.62. The molecule has 1 fully saturated rings. The Hall–Kier alpha value is -1.78. The van der Waals surface area contributed by atoms with Gasteiger partial charge in [0.2, 0.25) is 0 Å². The molecule has 1 aromatic rings. The zero-order valence-electron chi connectivity index (χ0n) is 14.3. The molecule has 2 aliphatic heterocycles. The minimum atomic E-state index is 0.961. The SMILES string of the molecule is C=N/C(C)=C\C=C1\C=C(CCc2ccc(N3CCNC3)cc2)SC1. The molecular formula is C20H25N3S. The summed E-state index contributed by atoms with van der Waals surface area (Å²) in [6.07, 6.45) is 8.74. The van der Waals surface area contributed by atoms with Crippen molar-refractivity contribution in [3.8, 4) is 0 Å². The number of hydrogen-bond acceptors (Lipinski definition) is 4. The molecule has 0 atom stereocenters. The summed E-state index contributed by atoms with van der Waals surface area (Å²) in [4.78, 5) is 7.77. The lowest BCUT2D eigenvalue weighted by molar-refractivity contribution is 0.855. The molecule has 126 valence electrons. The highest BCUT2D eigenvalue weighted by Gasteiger charge is 2.12. The Bertz CT molecular complexity index is 665. The quantitative estimate of drug-likeness (QED) is 0.789. The number of allylic oxidation sites excluding steroid dienone is 5. The molecule has 0 aromatic heterocycles. The normalized spacial score (nSPS) is 19.9. The van der Waals surface area contributed by atoms with Crippen LogP contribution in [0, 0.1) is 0 Å². The maximum Gasteiger partial charge on any atom is 0.0683 e. The van der Waals surface area contributed by atoms with Gasteiger partial charge in [-0.15, -0.1) is 11.8 Å². The second kappa shape index (κ2) is 8.36. The fourth-order valence-electron chi connectivity index (χ4n) is 2.86. The van der Waals surface area contributed by atoms with Gasteiger partial charge in [-0.1, -0.05) is 18.2 Å². The van der Waals surface area contributed by atoms with Gasteiger partial charge < -0.3 is 4.90 Å². The first-order valence-corrected chi connectivity index (χ1v) is 9.45. The Labute approximate surface area is 149 Å². The van der Waals surface area contributed by atoms with Gasteiger partial charge in [-0.05, 0) is 66.8 Å². The van der Waals surface area contributed by atoms with Crippen molar-refractivity contribution in [1.82, 2.24) is 5.32 Å². The monoisotopic (exact) mass is 339 g/mol. The Morgan fingerprint density at radius 1 is 1.33 bits per heavy atom. The number of aliphatic imine (C=N–C) groups is 1. The molecular weight excluding hydrogens is 314 g/mol. The maximum absolute atomic E-state index is 3.91. The summed E-state index contributed by atoms with van der Waals surface area (Å²) in [5.74, 6) is 1.07. The fraction of sp³-hybridized carbons (Fsp3) is 0.350. The topological polar surface area (TPSA) is 27.6 Å². The van der Waals surface area contributed by atoms with E-state index in [9.17, 15) is 0 Å². The number of thioether (sulfide) groups is 1. The minimum absolute atomic E-state index is 0.961. The molecule has 1 saturated heterocycles. The predicted molar refractivity (Wildman–Crippen MR) is 107 cm³/mol. The highest BCUT2D eigenvalue weighted by atomic mass is 32.2. The highest BCUT2D eigenvalue weighted by Crippen LogP contribution is 2.32. The molecule has 4 heteroatoms. The van der Waals surface area contributed by atoms with E-state index >= 15 is 0 Å². The molecule has 2 heterocycles. The molecule has 0 saturated carbocycles. The van der Waals surface area contributed by atoms with E-state index in [2.05, 4.69) is 58.3 Å². The summed E-state index contributed by atoms with van der Waals surface area (Å²) in [6, 6.07) is 9.04. The number of nitrogens with zero attached hydrogens (tertiary/aromatic N) is 2. The van der Waals surface area contributed by atoms with Gasteiger partial charge in [-0.2, -0.15) is 0 Å². The molecule has 24 heavy (non-hydrogen) atoms. The summed E-state index contributed by atoms with van der Waals surface area (Å²) >= 11 is 1.95. The van der Waals surface area contributed by atoms with Crippen LogP contribution in [-0.4, -0.2) is 32.2 Å². The molecule has 3 rings (SSSR count). The van der Waals surface area contributed by atoms with Gasteiger partial charge in [0.15, 0.2) is 0 Å². The summed E-state index contributed by atoms with van der Waals surface area (Å²) in [7, 11) is 0. The van der Waals surface area contributed by atoms with Crippen LogP contribution in [0.2, 0.25) is 0 Å². The molecule has 2 aliphatic rings. The van der Waals surface area contributed by atoms with Crippen molar-refractivity contribution in [2.75, 3.05) is 30.4 Å². The third-order valence-electron chi connectivity index (χ3n) is 4.38. The van der Waals surface area contributed by atoms with E-state index in [0.29, 0.717) is 0 Å². The van der Waals surface area contributed by atoms with Crippen LogP contribution in [0.25, 0.3) is 0 Å². The molecule has 1 aromatic carbocycles. The van der Waals surface area contributed by atoms with Gasteiger partial charge in [-0.25, -0.2) is 0 Å². The standard InChI is InChI=1S/C20H25N3S/c1-16(21-2)3-4-18-13-20(24-14-18)10-7-17-5-8-19(9-6-17)23-12-11-22-15-23/h3-6,8-9,13,22H,2,7,10-12,14-15H2,1H3/b16-3-,18-4-. The van der Waals surface area contributed by atoms with Crippen LogP contribution in [0.15, 0.2) is 63.7 Å². The summed E-state index contributed by atoms with van der Waals surface area (Å²) in [5.41, 5.74) is 5.07. The van der Waals surface area contributed by atoms with E-state index in [0.717, 1.165) is 44.0 Å². The van der Waals surface area contributed by atoms with Crippen molar-refractivity contribution >= 4 is 24.2 Å². The zero-order valence-corrected chi connectivity index (χ0v) is 15.1. The van der Waals surface area contributed by atoms with E-state index < -0.39 is 0 Å². The number of anilines is 1. The largest absolute Gasteiger partial charge is 0.357 e. The van der Waals surface area contributed by atoms with Crippen molar-refractivity contribution in [2.24, 2.45) is 4.99 Å². The van der Waals surface area contributed by atoms with Crippen molar-refractivity contribution in [1.29, 1.82) is 0 Å². The highest BCUT2D eigenvalue weighted by molar-refractivity contribution is 8.03. The average Bonchev–Trinajstić information content (AvgIpc) is 3.30. The van der Waals surface area contributed by atoms with Crippen LogP contribution < -0.4 is 10.2 Å². The molecule has 0 unspecified atom stereocenters. The molecule has 1 N–H and O–H groups in total. The van der Waals surface area contributed by atoms with Crippen LogP contribution in [0.3, 0.4) is 0 Å². The Morgan fingerprint density at radius 2 is 2.17 bits per heavy atom. The number of hydrogen-bond donors (Lipinski definition) is 1. The van der Waals surface area contributed by atoms with E-state index in [1.54, 1.807) is 0 Å². The van der Waals surface area contributed by atoms with Gasteiger partial charge in [0.1, 0.15) is 0 Å². The van der Waals surface area contributed by atoms with E-state index in [1.165, 1.54) is 21.7 Å². The number of rotatable bonds is 6. The van der Waals surface area contributed by atoms with Crippen LogP contribution in [0.4, 0.5) is 5.69 Å². The number of aryl methyl sites for hydroxylation is 1. The van der Waals surface area contributed by atoms with Crippen molar-refractivity contribution in [3.05, 3.63) is 64.2 Å². The van der Waals surface area contributed by atoms with Crippen LogP contribution >= 0.6 is 11.8 Å². The molecule has 0 aliphatic carbocycles. The number of benzene rings is 1. The van der Waals surface area contributed by atoms with Gasteiger partial charge in [0, 0.05) is 30.2 Å². The first kappa shape index (κ1) is 17.1.